The van der Waals surface area contributed by atoms with Crippen LogP contribution >= 0.6 is 15.9 Å². The molecule has 0 aliphatic carbocycles. The number of benzene rings is 1. The number of hydrogen-bond donors (Lipinski definition) is 1. The summed E-state index contributed by atoms with van der Waals surface area (Å²) >= 11 is 3.40. The van der Waals surface area contributed by atoms with E-state index in [1.54, 1.807) is 0 Å². The van der Waals surface area contributed by atoms with Gasteiger partial charge in [0.2, 0.25) is 0 Å². The highest BCUT2D eigenvalue weighted by molar-refractivity contribution is 9.10. The van der Waals surface area contributed by atoms with E-state index < -0.39 is 0 Å². The van der Waals surface area contributed by atoms with Crippen molar-refractivity contribution in [2.24, 2.45) is 5.73 Å². The van der Waals surface area contributed by atoms with Crippen LogP contribution in [0.3, 0.4) is 0 Å². The van der Waals surface area contributed by atoms with Crippen molar-refractivity contribution < 1.29 is 9.13 Å². The second kappa shape index (κ2) is 6.08. The minimum absolute atomic E-state index is 0.354. The van der Waals surface area contributed by atoms with Crippen molar-refractivity contribution in [1.82, 2.24) is 0 Å². The van der Waals surface area contributed by atoms with Crippen LogP contribution in [0.2, 0.25) is 0 Å². The molecule has 0 amide bonds. The molecule has 84 valence electrons. The van der Waals surface area contributed by atoms with Gasteiger partial charge in [0.15, 0.2) is 0 Å². The van der Waals surface area contributed by atoms with Crippen LogP contribution in [0.25, 0.3) is 0 Å². The quantitative estimate of drug-likeness (QED) is 0.839. The number of hydrogen-bond acceptors (Lipinski definition) is 2. The van der Waals surface area contributed by atoms with E-state index in [1.165, 1.54) is 0 Å². The summed E-state index contributed by atoms with van der Waals surface area (Å²) in [5.74, 6) is 0.786. The fraction of sp³-hybridized carbons (Fsp3) is 0.455. The topological polar surface area (TPSA) is 35.2 Å². The molecule has 0 atom stereocenters. The smallest absolute Gasteiger partial charge is 0.126 e. The van der Waals surface area contributed by atoms with E-state index in [1.807, 2.05) is 19.1 Å². The molecule has 0 aliphatic rings. The summed E-state index contributed by atoms with van der Waals surface area (Å²) in [5, 5.41) is 0. The van der Waals surface area contributed by atoms with Gasteiger partial charge in [0, 0.05) is 23.0 Å². The minimum Gasteiger partial charge on any atom is -0.493 e. The van der Waals surface area contributed by atoms with Crippen LogP contribution in [-0.4, -0.2) is 13.3 Å². The lowest BCUT2D eigenvalue weighted by Crippen LogP contribution is -2.06. The zero-order chi connectivity index (χ0) is 11.3. The molecule has 1 aromatic carbocycles. The molecule has 0 saturated heterocycles. The minimum atomic E-state index is -0.354. The largest absolute Gasteiger partial charge is 0.493 e. The summed E-state index contributed by atoms with van der Waals surface area (Å²) in [6.07, 6.45) is 0.416. The molecule has 0 spiro atoms. The predicted molar refractivity (Wildman–Crippen MR) is 62.9 cm³/mol. The molecule has 15 heavy (non-hydrogen) atoms. The van der Waals surface area contributed by atoms with E-state index in [4.69, 9.17) is 10.5 Å². The van der Waals surface area contributed by atoms with Crippen molar-refractivity contribution in [1.29, 1.82) is 0 Å². The van der Waals surface area contributed by atoms with Crippen LogP contribution in [0.5, 0.6) is 5.75 Å². The van der Waals surface area contributed by atoms with Crippen LogP contribution < -0.4 is 10.5 Å². The molecule has 1 aromatic rings. The van der Waals surface area contributed by atoms with Gasteiger partial charge in [0.1, 0.15) is 5.75 Å². The average Bonchev–Trinajstić information content (AvgIpc) is 2.20. The summed E-state index contributed by atoms with van der Waals surface area (Å²) in [6, 6.07) is 3.89. The second-order valence-electron chi connectivity index (χ2n) is 3.31. The number of halogens is 2. The summed E-state index contributed by atoms with van der Waals surface area (Å²) in [5.41, 5.74) is 7.58. The lowest BCUT2D eigenvalue weighted by Gasteiger charge is -2.13. The molecular weight excluding hydrogens is 261 g/mol. The molecule has 0 fully saturated rings. The van der Waals surface area contributed by atoms with Gasteiger partial charge in [-0.1, -0.05) is 15.9 Å². The fourth-order valence-corrected chi connectivity index (χ4v) is 2.01. The zero-order valence-corrected chi connectivity index (χ0v) is 10.3. The van der Waals surface area contributed by atoms with Crippen molar-refractivity contribution in [2.45, 2.75) is 19.9 Å². The third kappa shape index (κ3) is 3.47. The Hall–Kier alpha value is -0.610. The Balaban J connectivity index is 2.84. The second-order valence-corrected chi connectivity index (χ2v) is 4.22. The highest BCUT2D eigenvalue weighted by atomic mass is 79.9. The Bertz CT molecular complexity index is 331. The summed E-state index contributed by atoms with van der Waals surface area (Å²) in [6.45, 7) is 2.42. The van der Waals surface area contributed by atoms with E-state index in [2.05, 4.69) is 15.9 Å². The van der Waals surface area contributed by atoms with E-state index in [0.717, 1.165) is 21.3 Å². The summed E-state index contributed by atoms with van der Waals surface area (Å²) in [7, 11) is 0. The maximum absolute atomic E-state index is 11.9. The van der Waals surface area contributed by atoms with Crippen molar-refractivity contribution in [3.8, 4) is 5.75 Å². The molecular formula is C11H15BrFNO. The number of aryl methyl sites for hydroxylation is 1. The fourth-order valence-electron chi connectivity index (χ4n) is 1.39. The van der Waals surface area contributed by atoms with Crippen LogP contribution in [0.4, 0.5) is 4.39 Å². The maximum Gasteiger partial charge on any atom is 0.126 e. The first kappa shape index (κ1) is 12.5. The van der Waals surface area contributed by atoms with Crippen LogP contribution in [0.1, 0.15) is 17.5 Å². The monoisotopic (exact) mass is 275 g/mol. The Kier molecular flexibility index (Phi) is 5.05. The Labute approximate surface area is 97.7 Å². The lowest BCUT2D eigenvalue weighted by atomic mass is 10.1. The third-order valence-electron chi connectivity index (χ3n) is 2.06. The summed E-state index contributed by atoms with van der Waals surface area (Å²) in [4.78, 5) is 0. The Morgan fingerprint density at radius 1 is 1.47 bits per heavy atom. The van der Waals surface area contributed by atoms with Crippen LogP contribution in [0.15, 0.2) is 16.6 Å². The molecule has 0 aromatic heterocycles. The van der Waals surface area contributed by atoms with Gasteiger partial charge < -0.3 is 10.5 Å². The van der Waals surface area contributed by atoms with Gasteiger partial charge in [-0.2, -0.15) is 0 Å². The number of alkyl halides is 1. The van der Waals surface area contributed by atoms with Crippen LogP contribution in [-0.2, 0) is 6.54 Å². The molecule has 1 rings (SSSR count). The molecule has 0 saturated carbocycles. The molecule has 4 heteroatoms. The van der Waals surface area contributed by atoms with Crippen molar-refractivity contribution in [3.05, 3.63) is 27.7 Å². The first-order valence-corrected chi connectivity index (χ1v) is 5.66. The van der Waals surface area contributed by atoms with Gasteiger partial charge >= 0.3 is 0 Å². The SMILES string of the molecule is Cc1cc(Br)cc(CN)c1OCCCF. The van der Waals surface area contributed by atoms with Gasteiger partial charge in [0.05, 0.1) is 13.3 Å². The van der Waals surface area contributed by atoms with Gasteiger partial charge in [-0.25, -0.2) is 0 Å². The normalized spacial score (nSPS) is 10.4. The Morgan fingerprint density at radius 2 is 2.20 bits per heavy atom. The molecule has 0 heterocycles. The molecule has 2 nitrogen and oxygen atoms in total. The molecule has 0 radical (unpaired) electrons. The molecule has 0 aliphatic heterocycles. The highest BCUT2D eigenvalue weighted by Crippen LogP contribution is 2.27. The van der Waals surface area contributed by atoms with Crippen molar-refractivity contribution >= 4 is 15.9 Å². The predicted octanol–water partition coefficient (Wildman–Crippen LogP) is 2.95. The van der Waals surface area contributed by atoms with Gasteiger partial charge in [0.25, 0.3) is 0 Å². The number of ether oxygens (including phenoxy) is 1. The molecule has 2 N–H and O–H groups in total. The van der Waals surface area contributed by atoms with Crippen molar-refractivity contribution in [3.63, 3.8) is 0 Å². The number of nitrogens with two attached hydrogens (primary N) is 1. The van der Waals surface area contributed by atoms with E-state index >= 15 is 0 Å². The average molecular weight is 276 g/mol. The first-order valence-electron chi connectivity index (χ1n) is 4.87. The van der Waals surface area contributed by atoms with E-state index in [-0.39, 0.29) is 6.67 Å². The van der Waals surface area contributed by atoms with Gasteiger partial charge in [-0.05, 0) is 24.6 Å². The van der Waals surface area contributed by atoms with E-state index in [9.17, 15) is 4.39 Å². The Morgan fingerprint density at radius 3 is 2.80 bits per heavy atom. The van der Waals surface area contributed by atoms with Gasteiger partial charge in [-0.15, -0.1) is 0 Å². The molecule has 0 unspecified atom stereocenters. The maximum atomic E-state index is 11.9. The zero-order valence-electron chi connectivity index (χ0n) is 8.72. The molecule has 0 bridgehead atoms. The van der Waals surface area contributed by atoms with Gasteiger partial charge in [-0.3, -0.25) is 4.39 Å². The first-order chi connectivity index (χ1) is 7.19. The highest BCUT2D eigenvalue weighted by Gasteiger charge is 2.07. The lowest BCUT2D eigenvalue weighted by molar-refractivity contribution is 0.285. The van der Waals surface area contributed by atoms with Crippen LogP contribution in [0, 0.1) is 6.92 Å². The van der Waals surface area contributed by atoms with E-state index in [0.29, 0.717) is 19.6 Å². The summed E-state index contributed by atoms with van der Waals surface area (Å²) < 4.78 is 18.4. The third-order valence-corrected chi connectivity index (χ3v) is 2.52. The number of rotatable bonds is 5. The standard InChI is InChI=1S/C11H15BrFNO/c1-8-5-10(12)6-9(7-14)11(8)15-4-2-3-13/h5-6H,2-4,7,14H2,1H3. The van der Waals surface area contributed by atoms with Crippen molar-refractivity contribution in [2.75, 3.05) is 13.3 Å².